The average molecular weight is 619 g/mol. The highest BCUT2D eigenvalue weighted by Crippen LogP contribution is 2.33. The molecule has 2 aromatic carbocycles. The summed E-state index contributed by atoms with van der Waals surface area (Å²) in [6, 6.07) is 12.8. The van der Waals surface area contributed by atoms with Crippen LogP contribution < -0.4 is 31.4 Å². The number of benzene rings is 2. The summed E-state index contributed by atoms with van der Waals surface area (Å²) < 4.78 is 43.3. The fraction of sp³-hybridized carbons (Fsp3) is 0.276. The van der Waals surface area contributed by atoms with Crippen molar-refractivity contribution >= 4 is 29.3 Å². The third-order valence-electron chi connectivity index (χ3n) is 5.41. The second-order valence-electron chi connectivity index (χ2n) is 9.37. The average Bonchev–Trinajstić information content (AvgIpc) is 2.95. The quantitative estimate of drug-likeness (QED) is 0.110. The number of nitrogen functional groups attached to an aromatic ring is 1. The number of alkyl halides is 3. The Balaban J connectivity index is 0.000000860. The normalized spacial score (nSPS) is 11.4. The van der Waals surface area contributed by atoms with Gasteiger partial charge >= 0.3 is 12.1 Å². The molecule has 1 aromatic heterocycles. The fourth-order valence-electron chi connectivity index (χ4n) is 3.48. The van der Waals surface area contributed by atoms with E-state index in [1.54, 1.807) is 54.7 Å². The summed E-state index contributed by atoms with van der Waals surface area (Å²) in [6.45, 7) is 7.93. The molecule has 0 radical (unpaired) electrons. The summed E-state index contributed by atoms with van der Waals surface area (Å²) in [4.78, 5) is 38.8. The van der Waals surface area contributed by atoms with Crippen LogP contribution in [0.4, 0.5) is 18.9 Å². The van der Waals surface area contributed by atoms with E-state index in [0.29, 0.717) is 40.5 Å². The highest BCUT2D eigenvalue weighted by atomic mass is 19.4. The highest BCUT2D eigenvalue weighted by molar-refractivity contribution is 5.97. The Labute approximate surface area is 251 Å². The van der Waals surface area contributed by atoms with Gasteiger partial charge in [0.25, 0.3) is 11.8 Å². The molecule has 2 amide bonds. The minimum Gasteiger partial charge on any atom is -0.490 e. The summed E-state index contributed by atoms with van der Waals surface area (Å²) in [6.07, 6.45) is -2.09. The predicted octanol–water partition coefficient (Wildman–Crippen LogP) is 4.11. The lowest BCUT2D eigenvalue weighted by Crippen LogP contribution is -2.45. The van der Waals surface area contributed by atoms with E-state index in [0.717, 1.165) is 5.56 Å². The maximum absolute atomic E-state index is 13.3. The summed E-state index contributed by atoms with van der Waals surface area (Å²) in [7, 11) is 0. The molecule has 44 heavy (non-hydrogen) atoms. The molecule has 0 aliphatic rings. The van der Waals surface area contributed by atoms with E-state index in [9.17, 15) is 22.8 Å². The van der Waals surface area contributed by atoms with Crippen LogP contribution in [0.3, 0.4) is 0 Å². The van der Waals surface area contributed by atoms with Gasteiger partial charge in [-0.15, -0.1) is 0 Å². The van der Waals surface area contributed by atoms with Crippen molar-refractivity contribution in [2.75, 3.05) is 11.9 Å². The van der Waals surface area contributed by atoms with Gasteiger partial charge in [-0.1, -0.05) is 6.07 Å². The molecule has 12 nitrogen and oxygen atoms in total. The molecule has 0 fully saturated rings. The number of hydrazine groups is 1. The number of rotatable bonds is 10. The molecule has 0 saturated carbocycles. The minimum absolute atomic E-state index is 0.0590. The zero-order chi connectivity index (χ0) is 33.0. The predicted molar refractivity (Wildman–Crippen MR) is 155 cm³/mol. The minimum atomic E-state index is -5.08. The van der Waals surface area contributed by atoms with Crippen molar-refractivity contribution in [1.82, 2.24) is 15.8 Å². The number of halogens is 3. The van der Waals surface area contributed by atoms with Gasteiger partial charge in [0.1, 0.15) is 11.9 Å². The van der Waals surface area contributed by atoms with E-state index in [1.165, 1.54) is 6.20 Å². The van der Waals surface area contributed by atoms with Gasteiger partial charge < -0.3 is 25.6 Å². The van der Waals surface area contributed by atoms with Gasteiger partial charge in [0, 0.05) is 23.6 Å². The number of aromatic nitrogens is 1. The number of carboxylic acids is 1. The molecule has 7 N–H and O–H groups in total. The molecule has 3 rings (SSSR count). The first kappa shape index (κ1) is 34.9. The van der Waals surface area contributed by atoms with Gasteiger partial charge in [-0.05, 0) is 81.3 Å². The topological polar surface area (TPSA) is 189 Å². The van der Waals surface area contributed by atoms with Gasteiger partial charge in [-0.2, -0.15) is 13.2 Å². The van der Waals surface area contributed by atoms with Gasteiger partial charge in [0.15, 0.2) is 11.5 Å². The van der Waals surface area contributed by atoms with Crippen molar-refractivity contribution in [3.8, 4) is 11.5 Å². The van der Waals surface area contributed by atoms with E-state index < -0.39 is 30.0 Å². The summed E-state index contributed by atoms with van der Waals surface area (Å²) >= 11 is 0. The number of carbonyl (C=O) groups excluding carboxylic acids is 2. The van der Waals surface area contributed by atoms with Crippen molar-refractivity contribution in [3.63, 3.8) is 0 Å². The maximum Gasteiger partial charge on any atom is 0.490 e. The number of hydrogen-bond donors (Lipinski definition) is 6. The van der Waals surface area contributed by atoms with Crippen LogP contribution >= 0.6 is 0 Å². The van der Waals surface area contributed by atoms with Crippen LogP contribution in [0.1, 0.15) is 53.9 Å². The first-order chi connectivity index (χ1) is 20.6. The van der Waals surface area contributed by atoms with E-state index >= 15 is 0 Å². The molecule has 0 spiro atoms. The number of nitrogens with two attached hydrogens (primary N) is 1. The van der Waals surface area contributed by atoms with Gasteiger partial charge in [0.2, 0.25) is 0 Å². The lowest BCUT2D eigenvalue weighted by molar-refractivity contribution is -0.192. The van der Waals surface area contributed by atoms with E-state index in [-0.39, 0.29) is 11.9 Å². The molecule has 236 valence electrons. The number of carbonyl (C=O) groups is 3. The largest absolute Gasteiger partial charge is 0.490 e. The van der Waals surface area contributed by atoms with Crippen molar-refractivity contribution in [2.45, 2.75) is 46.0 Å². The number of carboxylic acid groups (broad SMARTS) is 1. The molecule has 0 saturated heterocycles. The Hall–Kier alpha value is -5.34. The van der Waals surface area contributed by atoms with Crippen molar-refractivity contribution in [3.05, 3.63) is 83.2 Å². The van der Waals surface area contributed by atoms with Crippen LogP contribution in [0, 0.1) is 12.3 Å². The van der Waals surface area contributed by atoms with E-state index in [2.05, 4.69) is 21.2 Å². The standard InChI is InChI=1S/C27H32N6O4.C2HF3O2/c1-5-36-23-13-19(8-11-22(23)37-16(2)3)24(31-21-9-6-18(7-10-21)25(28)29)27(35)33-32-26(34)20-12-17(4)14-30-15-20;3-2(4,5)1(6)7/h6-16,24,31H,5H2,1-4H3,(H3,28,29)(H,32,34)(H,33,35);(H,6,7). The number of aryl methyl sites for hydroxylation is 1. The Bertz CT molecular complexity index is 1460. The molecular weight excluding hydrogens is 585 g/mol. The highest BCUT2D eigenvalue weighted by Gasteiger charge is 2.38. The molecule has 0 aliphatic heterocycles. The Morgan fingerprint density at radius 2 is 1.64 bits per heavy atom. The van der Waals surface area contributed by atoms with Gasteiger partial charge in [0.05, 0.1) is 18.3 Å². The first-order valence-corrected chi connectivity index (χ1v) is 13.1. The SMILES string of the molecule is CCOc1cc(C(Nc2ccc(C(=N)N)cc2)C(=O)NNC(=O)c2cncc(C)c2)ccc1OC(C)C.O=C(O)C(F)(F)F. The molecule has 1 unspecified atom stereocenters. The smallest absolute Gasteiger partial charge is 0.490 e. The Kier molecular flexibility index (Phi) is 12.5. The molecular formula is C29H33F3N6O6. The number of ether oxygens (including phenoxy) is 2. The lowest BCUT2D eigenvalue weighted by atomic mass is 10.0. The number of aliphatic carboxylic acids is 1. The first-order valence-electron chi connectivity index (χ1n) is 13.1. The monoisotopic (exact) mass is 618 g/mol. The van der Waals surface area contributed by atoms with Crippen LogP contribution in [0.5, 0.6) is 11.5 Å². The molecule has 0 aliphatic carbocycles. The number of amidine groups is 1. The maximum atomic E-state index is 13.3. The van der Waals surface area contributed by atoms with E-state index in [1.807, 2.05) is 27.7 Å². The molecule has 0 bridgehead atoms. The number of amides is 2. The molecule has 1 atom stereocenters. The number of pyridine rings is 1. The van der Waals surface area contributed by atoms with Crippen LogP contribution in [-0.2, 0) is 9.59 Å². The van der Waals surface area contributed by atoms with Crippen LogP contribution in [-0.4, -0.2) is 52.6 Å². The fourth-order valence-corrected chi connectivity index (χ4v) is 3.48. The van der Waals surface area contributed by atoms with Crippen LogP contribution in [0.25, 0.3) is 0 Å². The second kappa shape index (κ2) is 15.8. The van der Waals surface area contributed by atoms with Crippen molar-refractivity contribution in [1.29, 1.82) is 5.41 Å². The third-order valence-corrected chi connectivity index (χ3v) is 5.41. The zero-order valence-electron chi connectivity index (χ0n) is 24.3. The molecule has 3 aromatic rings. The summed E-state index contributed by atoms with van der Waals surface area (Å²) in [5, 5.41) is 17.9. The van der Waals surface area contributed by atoms with Crippen molar-refractivity contribution in [2.24, 2.45) is 5.73 Å². The second-order valence-corrected chi connectivity index (χ2v) is 9.37. The number of anilines is 1. The van der Waals surface area contributed by atoms with Crippen LogP contribution in [0.15, 0.2) is 60.9 Å². The van der Waals surface area contributed by atoms with Gasteiger partial charge in [-0.25, -0.2) is 4.79 Å². The zero-order valence-corrected chi connectivity index (χ0v) is 24.3. The molecule has 15 heteroatoms. The summed E-state index contributed by atoms with van der Waals surface area (Å²) in [5.74, 6) is -2.76. The van der Waals surface area contributed by atoms with Crippen LogP contribution in [0.2, 0.25) is 0 Å². The van der Waals surface area contributed by atoms with E-state index in [4.69, 9.17) is 30.5 Å². The van der Waals surface area contributed by atoms with Crippen molar-refractivity contribution < 1.29 is 42.1 Å². The number of nitrogens with zero attached hydrogens (tertiary/aromatic N) is 1. The molecule has 1 heterocycles. The lowest BCUT2D eigenvalue weighted by Gasteiger charge is -2.22. The third kappa shape index (κ3) is 10.8. The number of nitrogens with one attached hydrogen (secondary N) is 4. The number of hydrogen-bond acceptors (Lipinski definition) is 8. The Morgan fingerprint density at radius 3 is 2.16 bits per heavy atom. The summed E-state index contributed by atoms with van der Waals surface area (Å²) in [5.41, 5.74) is 13.4. The van der Waals surface area contributed by atoms with Gasteiger partial charge in [-0.3, -0.25) is 30.8 Å². The Morgan fingerprint density at radius 1 is 1.00 bits per heavy atom.